The Labute approximate surface area is 123 Å². The Balaban J connectivity index is 2.19. The minimum absolute atomic E-state index is 0.118. The molecule has 20 heavy (non-hydrogen) atoms. The van der Waals surface area contributed by atoms with Gasteiger partial charge in [-0.15, -0.1) is 0 Å². The monoisotopic (exact) mass is 333 g/mol. The Morgan fingerprint density at radius 2 is 2.15 bits per heavy atom. The van der Waals surface area contributed by atoms with Crippen molar-refractivity contribution in [2.45, 2.75) is 13.3 Å². The number of aromatic nitrogens is 1. The molecule has 0 fully saturated rings. The smallest absolute Gasteiger partial charge is 0.312 e. The van der Waals surface area contributed by atoms with Crippen LogP contribution in [-0.2, 0) is 16.0 Å². The lowest BCUT2D eigenvalue weighted by molar-refractivity contribution is -0.142. The molecule has 0 aliphatic heterocycles. The van der Waals surface area contributed by atoms with Gasteiger partial charge in [0.2, 0.25) is 0 Å². The first-order valence-electron chi connectivity index (χ1n) is 6.32. The third-order valence-corrected chi connectivity index (χ3v) is 3.82. The van der Waals surface area contributed by atoms with Gasteiger partial charge in [-0.2, -0.15) is 0 Å². The number of ether oxygens (including phenoxy) is 1. The number of benzene rings is 2. The zero-order chi connectivity index (χ0) is 14.1. The molecule has 0 saturated heterocycles. The Kier molecular flexibility index (Phi) is 3.44. The number of fused-ring (bicyclic) bond motifs is 3. The van der Waals surface area contributed by atoms with E-state index in [4.69, 9.17) is 9.26 Å². The van der Waals surface area contributed by atoms with Crippen LogP contribution < -0.4 is 0 Å². The average molecular weight is 334 g/mol. The van der Waals surface area contributed by atoms with Gasteiger partial charge in [0, 0.05) is 4.47 Å². The average Bonchev–Trinajstić information content (AvgIpc) is 2.83. The van der Waals surface area contributed by atoms with E-state index in [2.05, 4.69) is 21.1 Å². The van der Waals surface area contributed by atoms with Crippen molar-refractivity contribution in [3.63, 3.8) is 0 Å². The lowest BCUT2D eigenvalue weighted by Crippen LogP contribution is -2.07. The van der Waals surface area contributed by atoms with E-state index in [1.54, 1.807) is 6.92 Å². The van der Waals surface area contributed by atoms with Crippen molar-refractivity contribution in [2.24, 2.45) is 0 Å². The number of halogens is 1. The fraction of sp³-hybridized carbons (Fsp3) is 0.200. The standard InChI is InChI=1S/C15H12BrNO3/c1-2-19-14(18)8-12-15-10-4-3-5-11(16)9(10)6-7-13(15)20-17-12/h3-7H,2,8H2,1H3. The molecule has 3 rings (SSSR count). The summed E-state index contributed by atoms with van der Waals surface area (Å²) in [5.41, 5.74) is 1.29. The molecule has 0 N–H and O–H groups in total. The molecule has 0 aliphatic carbocycles. The summed E-state index contributed by atoms with van der Waals surface area (Å²) in [6.07, 6.45) is 0.118. The van der Waals surface area contributed by atoms with Gasteiger partial charge in [0.15, 0.2) is 5.58 Å². The van der Waals surface area contributed by atoms with Crippen LogP contribution in [0.4, 0.5) is 0 Å². The van der Waals surface area contributed by atoms with E-state index in [9.17, 15) is 4.79 Å². The maximum Gasteiger partial charge on any atom is 0.312 e. The van der Waals surface area contributed by atoms with Gasteiger partial charge in [0.05, 0.1) is 18.4 Å². The van der Waals surface area contributed by atoms with Crippen molar-refractivity contribution in [3.05, 3.63) is 40.5 Å². The van der Waals surface area contributed by atoms with Crippen molar-refractivity contribution in [1.29, 1.82) is 0 Å². The molecule has 0 spiro atoms. The van der Waals surface area contributed by atoms with Crippen LogP contribution in [0.2, 0.25) is 0 Å². The van der Waals surface area contributed by atoms with E-state index in [-0.39, 0.29) is 12.4 Å². The van der Waals surface area contributed by atoms with Gasteiger partial charge >= 0.3 is 5.97 Å². The third-order valence-electron chi connectivity index (χ3n) is 3.13. The highest BCUT2D eigenvalue weighted by atomic mass is 79.9. The van der Waals surface area contributed by atoms with Crippen LogP contribution >= 0.6 is 15.9 Å². The first-order valence-corrected chi connectivity index (χ1v) is 7.11. The van der Waals surface area contributed by atoms with E-state index in [0.717, 1.165) is 20.6 Å². The molecule has 0 radical (unpaired) electrons. The number of rotatable bonds is 3. The summed E-state index contributed by atoms with van der Waals surface area (Å²) >= 11 is 3.53. The molecule has 3 aromatic rings. The summed E-state index contributed by atoms with van der Waals surface area (Å²) in [6, 6.07) is 9.76. The molecule has 102 valence electrons. The number of carbonyl (C=O) groups excluding carboxylic acids is 1. The number of nitrogens with zero attached hydrogens (tertiary/aromatic N) is 1. The van der Waals surface area contributed by atoms with Crippen LogP contribution in [0.15, 0.2) is 39.3 Å². The molecule has 1 heterocycles. The number of hydrogen-bond acceptors (Lipinski definition) is 4. The molecule has 4 nitrogen and oxygen atoms in total. The molecule has 0 saturated carbocycles. The maximum absolute atomic E-state index is 11.6. The van der Waals surface area contributed by atoms with Crippen LogP contribution in [0, 0.1) is 0 Å². The number of esters is 1. The molecule has 0 unspecified atom stereocenters. The van der Waals surface area contributed by atoms with Crippen molar-refractivity contribution in [1.82, 2.24) is 5.16 Å². The van der Waals surface area contributed by atoms with Gasteiger partial charge < -0.3 is 9.26 Å². The second kappa shape index (κ2) is 5.25. The lowest BCUT2D eigenvalue weighted by Gasteiger charge is -2.03. The van der Waals surface area contributed by atoms with E-state index in [1.807, 2.05) is 30.3 Å². The van der Waals surface area contributed by atoms with E-state index < -0.39 is 0 Å². The third kappa shape index (κ3) is 2.18. The minimum atomic E-state index is -0.297. The summed E-state index contributed by atoms with van der Waals surface area (Å²) in [5, 5.41) is 6.95. The summed E-state index contributed by atoms with van der Waals surface area (Å²) in [7, 11) is 0. The van der Waals surface area contributed by atoms with E-state index in [1.165, 1.54) is 0 Å². The zero-order valence-corrected chi connectivity index (χ0v) is 12.4. The van der Waals surface area contributed by atoms with Crippen LogP contribution in [0.25, 0.3) is 21.7 Å². The Morgan fingerprint density at radius 3 is 2.95 bits per heavy atom. The van der Waals surface area contributed by atoms with Crippen molar-refractivity contribution in [2.75, 3.05) is 6.61 Å². The van der Waals surface area contributed by atoms with Crippen LogP contribution in [0.5, 0.6) is 0 Å². The normalized spacial score (nSPS) is 11.1. The van der Waals surface area contributed by atoms with E-state index in [0.29, 0.717) is 17.9 Å². The molecule has 2 aromatic carbocycles. The second-order valence-electron chi connectivity index (χ2n) is 4.38. The molecule has 0 bridgehead atoms. The van der Waals surface area contributed by atoms with Crippen LogP contribution in [0.3, 0.4) is 0 Å². The summed E-state index contributed by atoms with van der Waals surface area (Å²) in [5.74, 6) is -0.297. The Bertz CT molecular complexity index is 794. The number of carbonyl (C=O) groups is 1. The fourth-order valence-corrected chi connectivity index (χ4v) is 2.79. The van der Waals surface area contributed by atoms with E-state index >= 15 is 0 Å². The predicted octanol–water partition coefficient (Wildman–Crippen LogP) is 3.85. The van der Waals surface area contributed by atoms with Gasteiger partial charge in [-0.1, -0.05) is 33.2 Å². The Morgan fingerprint density at radius 1 is 1.30 bits per heavy atom. The quantitative estimate of drug-likeness (QED) is 0.683. The SMILES string of the molecule is CCOC(=O)Cc1noc2ccc3c(Br)cccc3c12. The first-order chi connectivity index (χ1) is 9.70. The molecular formula is C15H12BrNO3. The summed E-state index contributed by atoms with van der Waals surface area (Å²) < 4.78 is 11.3. The van der Waals surface area contributed by atoms with Crippen molar-refractivity contribution in [3.8, 4) is 0 Å². The van der Waals surface area contributed by atoms with Gasteiger partial charge in [-0.25, -0.2) is 0 Å². The molecule has 1 aromatic heterocycles. The van der Waals surface area contributed by atoms with Crippen molar-refractivity contribution >= 4 is 43.6 Å². The summed E-state index contributed by atoms with van der Waals surface area (Å²) in [6.45, 7) is 2.15. The van der Waals surface area contributed by atoms with Gasteiger partial charge in [0.25, 0.3) is 0 Å². The van der Waals surface area contributed by atoms with Crippen molar-refractivity contribution < 1.29 is 14.1 Å². The molecule has 5 heteroatoms. The maximum atomic E-state index is 11.6. The first kappa shape index (κ1) is 13.1. The lowest BCUT2D eigenvalue weighted by atomic mass is 10.0. The molecule has 0 amide bonds. The highest BCUT2D eigenvalue weighted by molar-refractivity contribution is 9.10. The largest absolute Gasteiger partial charge is 0.466 e. The van der Waals surface area contributed by atoms with Gasteiger partial charge in [0.1, 0.15) is 5.69 Å². The minimum Gasteiger partial charge on any atom is -0.466 e. The zero-order valence-electron chi connectivity index (χ0n) is 10.9. The summed E-state index contributed by atoms with van der Waals surface area (Å²) in [4.78, 5) is 11.6. The second-order valence-corrected chi connectivity index (χ2v) is 5.24. The highest BCUT2D eigenvalue weighted by Gasteiger charge is 2.16. The van der Waals surface area contributed by atoms with Gasteiger partial charge in [-0.3, -0.25) is 4.79 Å². The Hall–Kier alpha value is -1.88. The van der Waals surface area contributed by atoms with Crippen LogP contribution in [-0.4, -0.2) is 17.7 Å². The number of hydrogen-bond donors (Lipinski definition) is 0. The predicted molar refractivity (Wildman–Crippen MR) is 79.6 cm³/mol. The van der Waals surface area contributed by atoms with Gasteiger partial charge in [-0.05, 0) is 35.9 Å². The highest BCUT2D eigenvalue weighted by Crippen LogP contribution is 2.32. The topological polar surface area (TPSA) is 52.3 Å². The molecule has 0 aliphatic rings. The molecule has 0 atom stereocenters. The van der Waals surface area contributed by atoms with Crippen LogP contribution in [0.1, 0.15) is 12.6 Å². The molecular weight excluding hydrogens is 322 g/mol. The fourth-order valence-electron chi connectivity index (χ4n) is 2.29.